The van der Waals surface area contributed by atoms with Gasteiger partial charge in [-0.25, -0.2) is 4.98 Å². The van der Waals surface area contributed by atoms with Crippen LogP contribution in [0.1, 0.15) is 6.92 Å². The summed E-state index contributed by atoms with van der Waals surface area (Å²) in [7, 11) is 0. The van der Waals surface area contributed by atoms with E-state index in [1.165, 1.54) is 0 Å². The summed E-state index contributed by atoms with van der Waals surface area (Å²) >= 11 is 0. The first-order valence-corrected chi connectivity index (χ1v) is 2.74. The van der Waals surface area contributed by atoms with Crippen molar-refractivity contribution in [1.29, 1.82) is 0 Å². The average Bonchev–Trinajstić information content (AvgIpc) is 1.91. The number of aromatic nitrogens is 2. The van der Waals surface area contributed by atoms with Gasteiger partial charge in [0.05, 0.1) is 6.20 Å². The van der Waals surface area contributed by atoms with Gasteiger partial charge in [-0.3, -0.25) is 4.98 Å². The van der Waals surface area contributed by atoms with Crippen molar-refractivity contribution in [2.24, 2.45) is 0 Å². The molecule has 0 aliphatic heterocycles. The van der Waals surface area contributed by atoms with Crippen molar-refractivity contribution in [3.8, 4) is 0 Å². The normalized spacial score (nSPS) is 9.00. The lowest BCUT2D eigenvalue weighted by Gasteiger charge is -1.96. The predicted octanol–water partition coefficient (Wildman–Crippen LogP) is 1.07. The van der Waals surface area contributed by atoms with Crippen LogP contribution in [0.15, 0.2) is 18.6 Å². The Balaban J connectivity index is 2.61. The molecule has 3 heteroatoms. The van der Waals surface area contributed by atoms with Crippen molar-refractivity contribution in [3.05, 3.63) is 25.1 Å². The van der Waals surface area contributed by atoms with E-state index >= 15 is 0 Å². The molecule has 0 fully saturated rings. The Kier molecular flexibility index (Phi) is 2.01. The number of rotatable bonds is 2. The fraction of sp³-hybridized carbons (Fsp3) is 0.167. The molecule has 9 heavy (non-hydrogen) atoms. The van der Waals surface area contributed by atoms with E-state index in [1.54, 1.807) is 18.6 Å². The molecule has 1 N–H and O–H groups in total. The first kappa shape index (κ1) is 6.01. The Morgan fingerprint density at radius 3 is 3.00 bits per heavy atom. The summed E-state index contributed by atoms with van der Waals surface area (Å²) in [6.45, 7) is 3.71. The molecule has 0 spiro atoms. The van der Waals surface area contributed by atoms with Gasteiger partial charge in [0.2, 0.25) is 0 Å². The molecule has 47 valence electrons. The maximum atomic E-state index is 3.96. The second kappa shape index (κ2) is 3.02. The minimum atomic E-state index is 0.778. The summed E-state index contributed by atoms with van der Waals surface area (Å²) in [5.74, 6) is 0.778. The van der Waals surface area contributed by atoms with Gasteiger partial charge in [0.1, 0.15) is 5.82 Å². The molecule has 0 unspecified atom stereocenters. The smallest absolute Gasteiger partial charge is 0.144 e. The Hall–Kier alpha value is -1.12. The van der Waals surface area contributed by atoms with Crippen molar-refractivity contribution < 1.29 is 0 Å². The van der Waals surface area contributed by atoms with Crippen LogP contribution in [0.3, 0.4) is 0 Å². The zero-order valence-electron chi connectivity index (χ0n) is 5.20. The number of nitrogens with one attached hydrogen (secondary N) is 1. The molecule has 1 rings (SSSR count). The van der Waals surface area contributed by atoms with Crippen molar-refractivity contribution in [3.63, 3.8) is 0 Å². The molecular weight excluding hydrogens is 114 g/mol. The summed E-state index contributed by atoms with van der Waals surface area (Å²) in [5.41, 5.74) is 0. The molecule has 1 radical (unpaired) electrons. The highest BCUT2D eigenvalue weighted by atomic mass is 15.0. The van der Waals surface area contributed by atoms with Crippen molar-refractivity contribution in [2.75, 3.05) is 5.32 Å². The van der Waals surface area contributed by atoms with Gasteiger partial charge in [0.15, 0.2) is 0 Å². The number of hydrogen-bond acceptors (Lipinski definition) is 3. The van der Waals surface area contributed by atoms with E-state index in [0.717, 1.165) is 5.82 Å². The van der Waals surface area contributed by atoms with Gasteiger partial charge in [-0.2, -0.15) is 0 Å². The summed E-state index contributed by atoms with van der Waals surface area (Å²) < 4.78 is 0. The highest BCUT2D eigenvalue weighted by Gasteiger charge is 1.84. The van der Waals surface area contributed by atoms with E-state index in [2.05, 4.69) is 15.3 Å². The van der Waals surface area contributed by atoms with Gasteiger partial charge >= 0.3 is 0 Å². The van der Waals surface area contributed by atoms with Crippen LogP contribution in [0.4, 0.5) is 5.82 Å². The van der Waals surface area contributed by atoms with Gasteiger partial charge in [0.25, 0.3) is 0 Å². The zero-order chi connectivity index (χ0) is 6.53. The standard InChI is InChI=1S/C6H8N3/c1-2-8-6-5-7-3-4-9-6/h2-5H,1H3,(H,8,9). The highest BCUT2D eigenvalue weighted by molar-refractivity contribution is 5.31. The second-order valence-corrected chi connectivity index (χ2v) is 1.52. The van der Waals surface area contributed by atoms with E-state index in [1.807, 2.05) is 13.5 Å². The summed E-state index contributed by atoms with van der Waals surface area (Å²) in [6.07, 6.45) is 4.95. The van der Waals surface area contributed by atoms with Crippen LogP contribution < -0.4 is 5.32 Å². The number of hydrogen-bond donors (Lipinski definition) is 1. The lowest BCUT2D eigenvalue weighted by molar-refractivity contribution is 1.18. The quantitative estimate of drug-likeness (QED) is 0.637. The van der Waals surface area contributed by atoms with E-state index in [0.29, 0.717) is 0 Å². The zero-order valence-corrected chi connectivity index (χ0v) is 5.20. The molecule has 3 nitrogen and oxygen atoms in total. The SMILES string of the molecule is C[CH]Nc1cnccn1. The van der Waals surface area contributed by atoms with Crippen LogP contribution in [-0.2, 0) is 0 Å². The first-order chi connectivity index (χ1) is 4.43. The lowest BCUT2D eigenvalue weighted by atomic mass is 10.6. The first-order valence-electron chi connectivity index (χ1n) is 2.74. The number of anilines is 1. The van der Waals surface area contributed by atoms with E-state index in [9.17, 15) is 0 Å². The maximum Gasteiger partial charge on any atom is 0.144 e. The van der Waals surface area contributed by atoms with Gasteiger partial charge in [0, 0.05) is 18.9 Å². The molecule has 0 atom stereocenters. The second-order valence-electron chi connectivity index (χ2n) is 1.52. The van der Waals surface area contributed by atoms with Crippen LogP contribution >= 0.6 is 0 Å². The van der Waals surface area contributed by atoms with Crippen LogP contribution in [0.25, 0.3) is 0 Å². The molecule has 1 heterocycles. The van der Waals surface area contributed by atoms with Gasteiger partial charge < -0.3 is 5.32 Å². The fourth-order valence-corrected chi connectivity index (χ4v) is 0.522. The molecular formula is C6H8N3. The topological polar surface area (TPSA) is 37.8 Å². The molecule has 0 aliphatic carbocycles. The third kappa shape index (κ3) is 1.68. The summed E-state index contributed by atoms with van der Waals surface area (Å²) in [5, 5.41) is 2.91. The van der Waals surface area contributed by atoms with Crippen molar-refractivity contribution in [1.82, 2.24) is 9.97 Å². The van der Waals surface area contributed by atoms with Crippen LogP contribution in [0, 0.1) is 6.54 Å². The van der Waals surface area contributed by atoms with Gasteiger partial charge in [-0.15, -0.1) is 0 Å². The Bertz CT molecular complexity index is 161. The molecule has 0 aliphatic rings. The monoisotopic (exact) mass is 122 g/mol. The molecule has 0 amide bonds. The highest BCUT2D eigenvalue weighted by Crippen LogP contribution is 1.95. The van der Waals surface area contributed by atoms with Crippen molar-refractivity contribution in [2.45, 2.75) is 6.92 Å². The Morgan fingerprint density at radius 1 is 1.56 bits per heavy atom. The molecule has 0 saturated heterocycles. The third-order valence-electron chi connectivity index (χ3n) is 0.855. The minimum absolute atomic E-state index is 0.778. The Morgan fingerprint density at radius 2 is 2.44 bits per heavy atom. The third-order valence-corrected chi connectivity index (χ3v) is 0.855. The summed E-state index contributed by atoms with van der Waals surface area (Å²) in [6, 6.07) is 0. The maximum absolute atomic E-state index is 3.96. The van der Waals surface area contributed by atoms with E-state index < -0.39 is 0 Å². The predicted molar refractivity (Wildman–Crippen MR) is 35.6 cm³/mol. The van der Waals surface area contributed by atoms with Gasteiger partial charge in [-0.1, -0.05) is 0 Å². The molecule has 0 bridgehead atoms. The minimum Gasteiger partial charge on any atom is -0.364 e. The van der Waals surface area contributed by atoms with E-state index in [-0.39, 0.29) is 0 Å². The molecule has 1 aromatic heterocycles. The van der Waals surface area contributed by atoms with Crippen LogP contribution in [0.2, 0.25) is 0 Å². The fourth-order valence-electron chi connectivity index (χ4n) is 0.522. The van der Waals surface area contributed by atoms with Crippen LogP contribution in [0.5, 0.6) is 0 Å². The van der Waals surface area contributed by atoms with Gasteiger partial charge in [-0.05, 0) is 6.92 Å². The summed E-state index contributed by atoms with van der Waals surface area (Å²) in [4.78, 5) is 7.82. The molecule has 1 aromatic rings. The van der Waals surface area contributed by atoms with E-state index in [4.69, 9.17) is 0 Å². The molecule has 0 saturated carbocycles. The lowest BCUT2D eigenvalue weighted by Crippen LogP contribution is -1.93. The average molecular weight is 122 g/mol. The number of nitrogens with zero attached hydrogens (tertiary/aromatic N) is 2. The Labute approximate surface area is 54.2 Å². The largest absolute Gasteiger partial charge is 0.364 e. The van der Waals surface area contributed by atoms with Crippen molar-refractivity contribution >= 4 is 5.82 Å². The van der Waals surface area contributed by atoms with Crippen LogP contribution in [-0.4, -0.2) is 9.97 Å². The molecule has 0 aromatic carbocycles.